The molecule has 10 heteroatoms. The third-order valence-corrected chi connectivity index (χ3v) is 6.27. The fourth-order valence-corrected chi connectivity index (χ4v) is 4.27. The van der Waals surface area contributed by atoms with E-state index >= 15 is 0 Å². The van der Waals surface area contributed by atoms with Crippen molar-refractivity contribution in [3.8, 4) is 0 Å². The van der Waals surface area contributed by atoms with E-state index < -0.39 is 11.8 Å². The van der Waals surface area contributed by atoms with Crippen LogP contribution in [0.3, 0.4) is 0 Å². The Morgan fingerprint density at radius 1 is 0.947 bits per heavy atom. The summed E-state index contributed by atoms with van der Waals surface area (Å²) in [5, 5.41) is 12.4. The van der Waals surface area contributed by atoms with Gasteiger partial charge in [0.25, 0.3) is 11.8 Å². The molecule has 4 rings (SSSR count). The highest BCUT2D eigenvalue weighted by Gasteiger charge is 2.16. The van der Waals surface area contributed by atoms with E-state index in [-0.39, 0.29) is 17.4 Å². The first-order chi connectivity index (χ1) is 18.4. The lowest BCUT2D eigenvalue weighted by molar-refractivity contribution is -0.114. The molecule has 0 saturated carbocycles. The van der Waals surface area contributed by atoms with Crippen molar-refractivity contribution in [2.75, 3.05) is 16.4 Å². The van der Waals surface area contributed by atoms with Gasteiger partial charge in [0.15, 0.2) is 5.82 Å². The maximum Gasteiger partial charge on any atom is 0.272 e. The van der Waals surface area contributed by atoms with Gasteiger partial charge in [-0.3, -0.25) is 14.4 Å². The monoisotopic (exact) mass is 546 g/mol. The SMILES string of the molecule is Cc1cc(NC(=O)CSc2cccc(NC(=O)/C(=C/c3cccc(Cl)c3)NC(=O)c3ccccc3)c2)no1. The minimum atomic E-state index is -0.518. The normalized spacial score (nSPS) is 11.1. The van der Waals surface area contributed by atoms with Crippen molar-refractivity contribution in [2.24, 2.45) is 0 Å². The zero-order chi connectivity index (χ0) is 26.9. The van der Waals surface area contributed by atoms with Gasteiger partial charge in [-0.2, -0.15) is 0 Å². The second-order valence-corrected chi connectivity index (χ2v) is 9.56. The van der Waals surface area contributed by atoms with Crippen LogP contribution in [0.1, 0.15) is 21.7 Å². The molecule has 0 aliphatic heterocycles. The Kier molecular flexibility index (Phi) is 8.97. The Labute approximate surface area is 228 Å². The number of hydrogen-bond acceptors (Lipinski definition) is 6. The largest absolute Gasteiger partial charge is 0.360 e. The number of nitrogens with zero attached hydrogens (tertiary/aromatic N) is 1. The van der Waals surface area contributed by atoms with Crippen LogP contribution in [0.5, 0.6) is 0 Å². The van der Waals surface area contributed by atoms with Crippen LogP contribution in [0.2, 0.25) is 5.02 Å². The third-order valence-electron chi connectivity index (χ3n) is 5.05. The Balaban J connectivity index is 1.45. The molecule has 3 aromatic carbocycles. The minimum Gasteiger partial charge on any atom is -0.360 e. The summed E-state index contributed by atoms with van der Waals surface area (Å²) in [6.45, 7) is 1.74. The van der Waals surface area contributed by atoms with Gasteiger partial charge in [0, 0.05) is 27.2 Å². The van der Waals surface area contributed by atoms with Gasteiger partial charge in [0.1, 0.15) is 11.5 Å². The van der Waals surface area contributed by atoms with Crippen LogP contribution in [-0.4, -0.2) is 28.6 Å². The highest BCUT2D eigenvalue weighted by atomic mass is 35.5. The van der Waals surface area contributed by atoms with E-state index in [0.717, 1.165) is 4.90 Å². The van der Waals surface area contributed by atoms with E-state index in [0.29, 0.717) is 33.4 Å². The minimum absolute atomic E-state index is 0.0430. The first kappa shape index (κ1) is 26.7. The fourth-order valence-electron chi connectivity index (χ4n) is 3.32. The fraction of sp³-hybridized carbons (Fsp3) is 0.0714. The first-order valence-corrected chi connectivity index (χ1v) is 12.8. The molecule has 0 unspecified atom stereocenters. The van der Waals surface area contributed by atoms with Gasteiger partial charge in [0.05, 0.1) is 5.75 Å². The summed E-state index contributed by atoms with van der Waals surface area (Å²) in [6, 6.07) is 24.2. The van der Waals surface area contributed by atoms with Gasteiger partial charge in [-0.05, 0) is 61.0 Å². The zero-order valence-corrected chi connectivity index (χ0v) is 21.8. The van der Waals surface area contributed by atoms with Gasteiger partial charge in [-0.25, -0.2) is 0 Å². The second kappa shape index (κ2) is 12.8. The van der Waals surface area contributed by atoms with Crippen LogP contribution >= 0.6 is 23.4 Å². The maximum atomic E-state index is 13.2. The van der Waals surface area contributed by atoms with Crippen LogP contribution < -0.4 is 16.0 Å². The summed E-state index contributed by atoms with van der Waals surface area (Å²) in [7, 11) is 0. The van der Waals surface area contributed by atoms with E-state index in [4.69, 9.17) is 16.1 Å². The molecule has 0 atom stereocenters. The van der Waals surface area contributed by atoms with Gasteiger partial charge < -0.3 is 20.5 Å². The molecule has 0 aliphatic rings. The van der Waals surface area contributed by atoms with Crippen LogP contribution in [0.15, 0.2) is 100 Å². The second-order valence-electron chi connectivity index (χ2n) is 8.07. The molecule has 0 radical (unpaired) electrons. The van der Waals surface area contributed by atoms with Crippen molar-refractivity contribution in [1.29, 1.82) is 0 Å². The van der Waals surface area contributed by atoms with Crippen LogP contribution in [0.4, 0.5) is 11.5 Å². The van der Waals surface area contributed by atoms with Crippen LogP contribution in [0.25, 0.3) is 6.08 Å². The van der Waals surface area contributed by atoms with Gasteiger partial charge in [0.2, 0.25) is 5.91 Å². The van der Waals surface area contributed by atoms with Crippen molar-refractivity contribution >= 4 is 58.7 Å². The lowest BCUT2D eigenvalue weighted by atomic mass is 10.1. The summed E-state index contributed by atoms with van der Waals surface area (Å²) < 4.78 is 4.94. The van der Waals surface area contributed by atoms with Gasteiger partial charge in [-0.1, -0.05) is 53.2 Å². The first-order valence-electron chi connectivity index (χ1n) is 11.5. The summed E-state index contributed by atoms with van der Waals surface area (Å²) >= 11 is 7.39. The average Bonchev–Trinajstić information content (AvgIpc) is 3.32. The molecule has 0 aliphatic carbocycles. The number of benzene rings is 3. The number of thioether (sulfide) groups is 1. The Hall–Kier alpha value is -4.34. The number of aryl methyl sites for hydroxylation is 1. The van der Waals surface area contributed by atoms with E-state index in [1.54, 1.807) is 91.9 Å². The average molecular weight is 547 g/mol. The van der Waals surface area contributed by atoms with E-state index in [1.165, 1.54) is 11.8 Å². The molecule has 3 N–H and O–H groups in total. The standard InChI is InChI=1S/C28H23ClN4O4S/c1-18-13-25(33-37-18)32-26(34)17-38-23-12-6-11-22(16-23)30-28(36)24(15-19-7-5-10-21(29)14-19)31-27(35)20-8-3-2-4-9-20/h2-16H,17H2,1H3,(H,30,36)(H,31,35)(H,32,33,34)/b24-15-. The molecule has 38 heavy (non-hydrogen) atoms. The lowest BCUT2D eigenvalue weighted by Crippen LogP contribution is -2.30. The lowest BCUT2D eigenvalue weighted by Gasteiger charge is -2.12. The molecule has 0 spiro atoms. The molecule has 0 bridgehead atoms. The number of carbonyl (C=O) groups is 3. The molecule has 1 aromatic heterocycles. The Morgan fingerprint density at radius 2 is 1.74 bits per heavy atom. The molecule has 0 fully saturated rings. The highest BCUT2D eigenvalue weighted by molar-refractivity contribution is 8.00. The van der Waals surface area contributed by atoms with Crippen LogP contribution in [-0.2, 0) is 9.59 Å². The number of carbonyl (C=O) groups excluding carboxylic acids is 3. The number of anilines is 2. The molecule has 8 nitrogen and oxygen atoms in total. The highest BCUT2D eigenvalue weighted by Crippen LogP contribution is 2.23. The topological polar surface area (TPSA) is 113 Å². The Morgan fingerprint density at radius 3 is 2.47 bits per heavy atom. The van der Waals surface area contributed by atoms with Gasteiger partial charge in [-0.15, -0.1) is 11.8 Å². The number of halogens is 1. The number of amides is 3. The van der Waals surface area contributed by atoms with Crippen molar-refractivity contribution in [3.63, 3.8) is 0 Å². The van der Waals surface area contributed by atoms with E-state index in [1.807, 2.05) is 6.07 Å². The Bertz CT molecular complexity index is 1490. The maximum absolute atomic E-state index is 13.2. The molecular formula is C28H23ClN4O4S. The summed E-state index contributed by atoms with van der Waals surface area (Å²) in [4.78, 5) is 39.0. The number of nitrogens with one attached hydrogen (secondary N) is 3. The molecule has 1 heterocycles. The van der Waals surface area contributed by atoms with Crippen LogP contribution in [0, 0.1) is 6.92 Å². The summed E-state index contributed by atoms with van der Waals surface area (Å²) in [5.74, 6) is -0.0998. The molecule has 192 valence electrons. The van der Waals surface area contributed by atoms with Crippen molar-refractivity contribution < 1.29 is 18.9 Å². The molecule has 4 aromatic rings. The molecule has 3 amide bonds. The number of aromatic nitrogens is 1. The smallest absolute Gasteiger partial charge is 0.272 e. The molecule has 0 saturated heterocycles. The van der Waals surface area contributed by atoms with Crippen molar-refractivity contribution in [2.45, 2.75) is 11.8 Å². The third kappa shape index (κ3) is 7.83. The van der Waals surface area contributed by atoms with E-state index in [9.17, 15) is 14.4 Å². The summed E-state index contributed by atoms with van der Waals surface area (Å²) in [6.07, 6.45) is 1.55. The zero-order valence-electron chi connectivity index (χ0n) is 20.2. The number of rotatable bonds is 9. The number of hydrogen-bond donors (Lipinski definition) is 3. The van der Waals surface area contributed by atoms with Crippen molar-refractivity contribution in [3.05, 3.63) is 113 Å². The summed E-state index contributed by atoms with van der Waals surface area (Å²) in [5.41, 5.74) is 1.60. The quantitative estimate of drug-likeness (QED) is 0.181. The van der Waals surface area contributed by atoms with E-state index in [2.05, 4.69) is 21.1 Å². The van der Waals surface area contributed by atoms with Crippen molar-refractivity contribution in [1.82, 2.24) is 10.5 Å². The predicted molar refractivity (Wildman–Crippen MR) is 149 cm³/mol. The molecular weight excluding hydrogens is 524 g/mol. The predicted octanol–water partition coefficient (Wildman–Crippen LogP) is 5.78. The van der Waals surface area contributed by atoms with Gasteiger partial charge >= 0.3 is 0 Å².